The van der Waals surface area contributed by atoms with Gasteiger partial charge in [-0.05, 0) is 53.4 Å². The fourth-order valence-corrected chi connectivity index (χ4v) is 5.18. The van der Waals surface area contributed by atoms with Crippen molar-refractivity contribution in [2.45, 2.75) is 25.6 Å². The van der Waals surface area contributed by atoms with E-state index in [0.717, 1.165) is 47.8 Å². The molecule has 2 aliphatic heterocycles. The number of hydrogen-bond donors (Lipinski definition) is 1. The van der Waals surface area contributed by atoms with Crippen LogP contribution in [0.25, 0.3) is 0 Å². The highest BCUT2D eigenvalue weighted by Gasteiger charge is 2.41. The SMILES string of the molecule is COc1ccc2c(c1)N1CCN(Cc3ccc(F)cc3)C[C@H]1[C@@H](C(=O)NCc1ccc(F)cc1)C2. The van der Waals surface area contributed by atoms with E-state index in [2.05, 4.69) is 27.2 Å². The summed E-state index contributed by atoms with van der Waals surface area (Å²) in [6, 6.07) is 18.8. The van der Waals surface area contributed by atoms with Crippen molar-refractivity contribution >= 4 is 11.6 Å². The van der Waals surface area contributed by atoms with Crippen LogP contribution in [0.15, 0.2) is 66.7 Å². The van der Waals surface area contributed by atoms with E-state index in [4.69, 9.17) is 4.74 Å². The van der Waals surface area contributed by atoms with Gasteiger partial charge in [0, 0.05) is 44.5 Å². The van der Waals surface area contributed by atoms with Gasteiger partial charge in [0.15, 0.2) is 0 Å². The number of methoxy groups -OCH3 is 1. The Balaban J connectivity index is 1.36. The number of hydrogen-bond acceptors (Lipinski definition) is 4. The Morgan fingerprint density at radius 3 is 2.34 bits per heavy atom. The highest BCUT2D eigenvalue weighted by molar-refractivity contribution is 5.82. The van der Waals surface area contributed by atoms with E-state index in [1.165, 1.54) is 24.3 Å². The second-order valence-electron chi connectivity index (χ2n) is 9.27. The summed E-state index contributed by atoms with van der Waals surface area (Å²) in [7, 11) is 1.66. The second kappa shape index (κ2) is 10.0. The van der Waals surface area contributed by atoms with Crippen molar-refractivity contribution in [1.82, 2.24) is 10.2 Å². The largest absolute Gasteiger partial charge is 0.497 e. The summed E-state index contributed by atoms with van der Waals surface area (Å²) < 4.78 is 32.1. The molecule has 2 heterocycles. The zero-order chi connectivity index (χ0) is 24.4. The summed E-state index contributed by atoms with van der Waals surface area (Å²) in [6.07, 6.45) is 0.639. The lowest BCUT2D eigenvalue weighted by molar-refractivity contribution is -0.126. The van der Waals surface area contributed by atoms with Gasteiger partial charge in [-0.1, -0.05) is 30.3 Å². The van der Waals surface area contributed by atoms with Crippen LogP contribution in [-0.4, -0.2) is 43.6 Å². The number of piperazine rings is 1. The van der Waals surface area contributed by atoms with Crippen LogP contribution < -0.4 is 15.0 Å². The average molecular weight is 478 g/mol. The van der Waals surface area contributed by atoms with Crippen LogP contribution in [0.1, 0.15) is 16.7 Å². The summed E-state index contributed by atoms with van der Waals surface area (Å²) in [5.74, 6) is 0.0324. The number of ether oxygens (including phenoxy) is 1. The Morgan fingerprint density at radius 2 is 1.66 bits per heavy atom. The Bertz CT molecular complexity index is 1180. The molecule has 1 N–H and O–H groups in total. The standard InChI is InChI=1S/C28H29F2N3O2/c1-35-24-11-6-21-14-25(28(34)31-16-19-2-7-22(29)8-3-19)27-18-32(12-13-33(27)26(21)15-24)17-20-4-9-23(30)10-5-20/h2-11,15,25,27H,12-14,16-18H2,1H3,(H,31,34)/t25-,27-/m0/s1. The summed E-state index contributed by atoms with van der Waals surface area (Å²) in [5.41, 5.74) is 4.17. The molecule has 0 aromatic heterocycles. The number of benzene rings is 3. The van der Waals surface area contributed by atoms with Crippen LogP contribution in [0.5, 0.6) is 5.75 Å². The van der Waals surface area contributed by atoms with Gasteiger partial charge in [-0.25, -0.2) is 8.78 Å². The van der Waals surface area contributed by atoms with Crippen molar-refractivity contribution < 1.29 is 18.3 Å². The predicted octanol–water partition coefficient (Wildman–Crippen LogP) is 4.15. The first-order valence-electron chi connectivity index (χ1n) is 11.9. The Morgan fingerprint density at radius 1 is 0.971 bits per heavy atom. The van der Waals surface area contributed by atoms with E-state index in [0.29, 0.717) is 19.5 Å². The van der Waals surface area contributed by atoms with Gasteiger partial charge in [0.2, 0.25) is 5.91 Å². The van der Waals surface area contributed by atoms with Gasteiger partial charge in [-0.2, -0.15) is 0 Å². The van der Waals surface area contributed by atoms with Crippen molar-refractivity contribution in [3.8, 4) is 5.75 Å². The molecule has 5 nitrogen and oxygen atoms in total. The molecule has 0 radical (unpaired) electrons. The van der Waals surface area contributed by atoms with Gasteiger partial charge in [0.05, 0.1) is 19.1 Å². The zero-order valence-corrected chi connectivity index (χ0v) is 19.7. The molecule has 2 aliphatic rings. The molecular weight excluding hydrogens is 448 g/mol. The third-order valence-corrected chi connectivity index (χ3v) is 7.05. The minimum Gasteiger partial charge on any atom is -0.497 e. The summed E-state index contributed by atoms with van der Waals surface area (Å²) >= 11 is 0. The first-order chi connectivity index (χ1) is 17.0. The van der Waals surface area contributed by atoms with E-state index in [1.54, 1.807) is 19.2 Å². The molecule has 2 atom stereocenters. The van der Waals surface area contributed by atoms with Crippen LogP contribution in [0.2, 0.25) is 0 Å². The van der Waals surface area contributed by atoms with Crippen molar-refractivity contribution in [1.29, 1.82) is 0 Å². The first-order valence-corrected chi connectivity index (χ1v) is 11.9. The molecule has 1 amide bonds. The van der Waals surface area contributed by atoms with E-state index in [1.807, 2.05) is 18.2 Å². The van der Waals surface area contributed by atoms with E-state index < -0.39 is 0 Å². The van der Waals surface area contributed by atoms with Crippen LogP contribution in [0, 0.1) is 17.6 Å². The number of carbonyl (C=O) groups is 1. The van der Waals surface area contributed by atoms with Crippen LogP contribution in [-0.2, 0) is 24.3 Å². The molecule has 0 bridgehead atoms. The van der Waals surface area contributed by atoms with Crippen molar-refractivity contribution in [3.63, 3.8) is 0 Å². The van der Waals surface area contributed by atoms with Gasteiger partial charge in [-0.3, -0.25) is 9.69 Å². The smallest absolute Gasteiger partial charge is 0.225 e. The summed E-state index contributed by atoms with van der Waals surface area (Å²) in [5, 5.41) is 3.07. The molecule has 1 fully saturated rings. The molecule has 0 aliphatic carbocycles. The molecule has 3 aromatic carbocycles. The number of anilines is 1. The molecule has 182 valence electrons. The van der Waals surface area contributed by atoms with Gasteiger partial charge in [0.1, 0.15) is 17.4 Å². The summed E-state index contributed by atoms with van der Waals surface area (Å²) in [6.45, 7) is 3.42. The molecular formula is C28H29F2N3O2. The van der Waals surface area contributed by atoms with Crippen molar-refractivity contribution in [3.05, 3.63) is 95.1 Å². The number of amides is 1. The minimum absolute atomic E-state index is 0.00276. The highest BCUT2D eigenvalue weighted by Crippen LogP contribution is 2.38. The number of halogens is 2. The van der Waals surface area contributed by atoms with E-state index in [-0.39, 0.29) is 29.5 Å². The molecule has 0 spiro atoms. The number of fused-ring (bicyclic) bond motifs is 3. The summed E-state index contributed by atoms with van der Waals surface area (Å²) in [4.78, 5) is 18.1. The highest BCUT2D eigenvalue weighted by atomic mass is 19.1. The molecule has 3 aromatic rings. The Labute approximate surface area is 204 Å². The molecule has 35 heavy (non-hydrogen) atoms. The second-order valence-corrected chi connectivity index (χ2v) is 9.27. The Hall–Kier alpha value is -3.45. The lowest BCUT2D eigenvalue weighted by Gasteiger charge is -2.49. The van der Waals surface area contributed by atoms with E-state index >= 15 is 0 Å². The molecule has 5 rings (SSSR count). The topological polar surface area (TPSA) is 44.8 Å². The zero-order valence-electron chi connectivity index (χ0n) is 19.7. The fraction of sp³-hybridized carbons (Fsp3) is 0.321. The quantitative estimate of drug-likeness (QED) is 0.579. The normalized spacial score (nSPS) is 19.6. The minimum atomic E-state index is -0.293. The maximum absolute atomic E-state index is 13.4. The first kappa shape index (κ1) is 23.3. The van der Waals surface area contributed by atoms with Crippen molar-refractivity contribution in [2.75, 3.05) is 31.6 Å². The molecule has 1 saturated heterocycles. The fourth-order valence-electron chi connectivity index (χ4n) is 5.18. The lowest BCUT2D eigenvalue weighted by atomic mass is 9.83. The average Bonchev–Trinajstić information content (AvgIpc) is 2.88. The number of rotatable bonds is 6. The predicted molar refractivity (Wildman–Crippen MR) is 131 cm³/mol. The van der Waals surface area contributed by atoms with Gasteiger partial charge in [0.25, 0.3) is 0 Å². The maximum Gasteiger partial charge on any atom is 0.225 e. The molecule has 0 unspecified atom stereocenters. The lowest BCUT2D eigenvalue weighted by Crippen LogP contribution is -2.60. The maximum atomic E-state index is 13.4. The number of nitrogens with zero attached hydrogens (tertiary/aromatic N) is 2. The van der Waals surface area contributed by atoms with Gasteiger partial charge < -0.3 is 15.0 Å². The number of nitrogens with one attached hydrogen (secondary N) is 1. The van der Waals surface area contributed by atoms with Gasteiger partial charge >= 0.3 is 0 Å². The van der Waals surface area contributed by atoms with E-state index in [9.17, 15) is 13.6 Å². The number of carbonyl (C=O) groups excluding carboxylic acids is 1. The third-order valence-electron chi connectivity index (χ3n) is 7.05. The molecule has 7 heteroatoms. The van der Waals surface area contributed by atoms with Crippen molar-refractivity contribution in [2.24, 2.45) is 5.92 Å². The van der Waals surface area contributed by atoms with Crippen LogP contribution in [0.4, 0.5) is 14.5 Å². The van der Waals surface area contributed by atoms with Crippen LogP contribution >= 0.6 is 0 Å². The third kappa shape index (κ3) is 5.15. The van der Waals surface area contributed by atoms with Crippen LogP contribution in [0.3, 0.4) is 0 Å². The monoisotopic (exact) mass is 477 g/mol. The van der Waals surface area contributed by atoms with Gasteiger partial charge in [-0.15, -0.1) is 0 Å². The molecule has 0 saturated carbocycles. The Kier molecular flexibility index (Phi) is 6.68.